The zero-order valence-electron chi connectivity index (χ0n) is 15.1. The second-order valence-electron chi connectivity index (χ2n) is 6.76. The van der Waals surface area contributed by atoms with E-state index in [0.29, 0.717) is 22.2 Å². The van der Waals surface area contributed by atoms with Gasteiger partial charge in [-0.2, -0.15) is 5.10 Å². The molecule has 0 atom stereocenters. The predicted octanol–water partition coefficient (Wildman–Crippen LogP) is 4.51. The molecule has 0 aliphatic rings. The van der Waals surface area contributed by atoms with Crippen molar-refractivity contribution in [3.8, 4) is 11.1 Å². The van der Waals surface area contributed by atoms with E-state index in [4.69, 9.17) is 0 Å². The summed E-state index contributed by atoms with van der Waals surface area (Å²) in [7, 11) is 0. The highest BCUT2D eigenvalue weighted by Crippen LogP contribution is 2.27. The van der Waals surface area contributed by atoms with Gasteiger partial charge in [0.1, 0.15) is 11.6 Å². The summed E-state index contributed by atoms with van der Waals surface area (Å²) >= 11 is 0. The van der Waals surface area contributed by atoms with Crippen molar-refractivity contribution >= 4 is 21.9 Å². The van der Waals surface area contributed by atoms with Gasteiger partial charge in [0.15, 0.2) is 0 Å². The molecular weight excluding hydrogens is 374 g/mol. The van der Waals surface area contributed by atoms with E-state index >= 15 is 0 Å². The number of H-pyrrole nitrogens is 1. The largest absolute Gasteiger partial charge is 0.301 e. The van der Waals surface area contributed by atoms with Crippen molar-refractivity contribution in [2.75, 3.05) is 0 Å². The Kier molecular flexibility index (Phi) is 3.94. The maximum absolute atomic E-state index is 14.9. The Morgan fingerprint density at radius 2 is 1.76 bits per heavy atom. The van der Waals surface area contributed by atoms with Crippen molar-refractivity contribution in [2.45, 2.75) is 6.54 Å². The highest BCUT2D eigenvalue weighted by atomic mass is 19.1. The summed E-state index contributed by atoms with van der Waals surface area (Å²) in [5.74, 6) is -1.42. The number of nitrogens with one attached hydrogen (secondary N) is 1. The number of nitrogens with zero attached hydrogens (tertiary/aromatic N) is 3. The van der Waals surface area contributed by atoms with E-state index < -0.39 is 17.2 Å². The zero-order valence-corrected chi connectivity index (χ0v) is 15.1. The standard InChI is InChI=1S/C22H14F2N4O.H2/c23-17-7-15(13-5-6-14-10-26-27-20(14)9-13)8-18(24)16(17)12-28-21-4-2-1-3-19(21)25-11-22(28)29;/h1-11H,12H2,(H,26,27);1H. The Labute approximate surface area is 164 Å². The number of benzene rings is 3. The molecule has 0 unspecified atom stereocenters. The molecule has 7 heteroatoms. The monoisotopic (exact) mass is 390 g/mol. The molecule has 0 bridgehead atoms. The lowest BCUT2D eigenvalue weighted by molar-refractivity contribution is 0.545. The van der Waals surface area contributed by atoms with Crippen LogP contribution in [0.3, 0.4) is 0 Å². The molecule has 5 rings (SSSR count). The molecule has 29 heavy (non-hydrogen) atoms. The van der Waals surface area contributed by atoms with Gasteiger partial charge in [-0.25, -0.2) is 13.8 Å². The first kappa shape index (κ1) is 17.2. The van der Waals surface area contributed by atoms with E-state index in [1.54, 1.807) is 42.6 Å². The van der Waals surface area contributed by atoms with Crippen LogP contribution >= 0.6 is 0 Å². The topological polar surface area (TPSA) is 63.6 Å². The smallest absolute Gasteiger partial charge is 0.269 e. The summed E-state index contributed by atoms with van der Waals surface area (Å²) < 4.78 is 31.1. The van der Waals surface area contributed by atoms with Gasteiger partial charge in [0, 0.05) is 12.4 Å². The lowest BCUT2D eigenvalue weighted by Crippen LogP contribution is -2.22. The summed E-state index contributed by atoms with van der Waals surface area (Å²) in [6, 6.07) is 15.0. The normalized spacial score (nSPS) is 11.4. The Balaban J connectivity index is 0.00000218. The fraction of sp³-hybridized carbons (Fsp3) is 0.0455. The average molecular weight is 390 g/mol. The average Bonchev–Trinajstić information content (AvgIpc) is 3.19. The molecule has 0 saturated heterocycles. The van der Waals surface area contributed by atoms with Gasteiger partial charge >= 0.3 is 0 Å². The highest BCUT2D eigenvalue weighted by Gasteiger charge is 2.15. The molecule has 2 aromatic heterocycles. The Morgan fingerprint density at radius 3 is 2.59 bits per heavy atom. The lowest BCUT2D eigenvalue weighted by Gasteiger charge is -2.12. The molecule has 0 aliphatic heterocycles. The van der Waals surface area contributed by atoms with Gasteiger partial charge in [0.2, 0.25) is 0 Å². The quantitative estimate of drug-likeness (QED) is 0.493. The van der Waals surface area contributed by atoms with Gasteiger partial charge in [0.25, 0.3) is 5.56 Å². The van der Waals surface area contributed by atoms with Crippen molar-refractivity contribution in [3.05, 3.63) is 94.5 Å². The van der Waals surface area contributed by atoms with E-state index in [2.05, 4.69) is 15.2 Å². The SMILES string of the molecule is O=c1cnc2ccccc2n1Cc1c(F)cc(-c2ccc3cn[nH]c3c2)cc1F.[HH]. The summed E-state index contributed by atoms with van der Waals surface area (Å²) in [4.78, 5) is 16.4. The number of hydrogen-bond acceptors (Lipinski definition) is 3. The molecule has 5 nitrogen and oxygen atoms in total. The first-order chi connectivity index (χ1) is 14.1. The third kappa shape index (κ3) is 2.97. The van der Waals surface area contributed by atoms with Crippen LogP contribution in [0.15, 0.2) is 71.8 Å². The molecule has 2 heterocycles. The third-order valence-electron chi connectivity index (χ3n) is 4.99. The molecular formula is C22H16F2N4O. The third-order valence-corrected chi connectivity index (χ3v) is 4.99. The van der Waals surface area contributed by atoms with Crippen LogP contribution in [0.1, 0.15) is 6.99 Å². The van der Waals surface area contributed by atoms with Crippen LogP contribution in [0.5, 0.6) is 0 Å². The van der Waals surface area contributed by atoms with Gasteiger partial charge in [-0.3, -0.25) is 9.89 Å². The molecule has 144 valence electrons. The van der Waals surface area contributed by atoms with Crippen LogP contribution in [-0.2, 0) is 6.54 Å². The fourth-order valence-corrected chi connectivity index (χ4v) is 3.47. The second kappa shape index (κ2) is 6.63. The van der Waals surface area contributed by atoms with Gasteiger partial charge < -0.3 is 4.57 Å². The molecule has 1 N–H and O–H groups in total. The minimum atomic E-state index is -0.711. The molecule has 0 spiro atoms. The van der Waals surface area contributed by atoms with E-state index in [-0.39, 0.29) is 13.5 Å². The number of para-hydroxylation sites is 2. The van der Waals surface area contributed by atoms with Crippen molar-refractivity contribution in [3.63, 3.8) is 0 Å². The maximum Gasteiger partial charge on any atom is 0.269 e. The molecule has 0 radical (unpaired) electrons. The van der Waals surface area contributed by atoms with Crippen LogP contribution in [-0.4, -0.2) is 19.7 Å². The van der Waals surface area contributed by atoms with Crippen molar-refractivity contribution in [1.29, 1.82) is 0 Å². The minimum absolute atomic E-state index is 0. The first-order valence-corrected chi connectivity index (χ1v) is 8.96. The van der Waals surface area contributed by atoms with Crippen LogP contribution in [0.2, 0.25) is 0 Å². The summed E-state index contributed by atoms with van der Waals surface area (Å²) in [5, 5.41) is 7.71. The van der Waals surface area contributed by atoms with Crippen molar-refractivity contribution < 1.29 is 10.2 Å². The van der Waals surface area contributed by atoms with E-state index in [9.17, 15) is 13.6 Å². The summed E-state index contributed by atoms with van der Waals surface area (Å²) in [5.41, 5.74) is 2.36. The van der Waals surface area contributed by atoms with Gasteiger partial charge in [-0.05, 0) is 41.5 Å². The van der Waals surface area contributed by atoms with Gasteiger partial charge in [-0.15, -0.1) is 0 Å². The van der Waals surface area contributed by atoms with Crippen molar-refractivity contribution in [2.24, 2.45) is 0 Å². The molecule has 5 aromatic rings. The fourth-order valence-electron chi connectivity index (χ4n) is 3.47. The maximum atomic E-state index is 14.9. The highest BCUT2D eigenvalue weighted by molar-refractivity contribution is 5.83. The first-order valence-electron chi connectivity index (χ1n) is 8.96. The molecule has 0 fully saturated rings. The van der Waals surface area contributed by atoms with Gasteiger partial charge in [0.05, 0.1) is 35.5 Å². The predicted molar refractivity (Wildman–Crippen MR) is 109 cm³/mol. The number of halogens is 2. The van der Waals surface area contributed by atoms with Crippen LogP contribution in [0, 0.1) is 11.6 Å². The zero-order chi connectivity index (χ0) is 20.0. The molecule has 0 saturated carbocycles. The Bertz CT molecular complexity index is 1420. The summed E-state index contributed by atoms with van der Waals surface area (Å²) in [6.45, 7) is -0.223. The van der Waals surface area contributed by atoms with Crippen molar-refractivity contribution in [1.82, 2.24) is 19.7 Å². The molecule has 0 amide bonds. The van der Waals surface area contributed by atoms with Crippen LogP contribution in [0.4, 0.5) is 8.78 Å². The van der Waals surface area contributed by atoms with Gasteiger partial charge in [-0.1, -0.05) is 24.3 Å². The number of hydrogen-bond donors (Lipinski definition) is 1. The molecule has 0 aliphatic carbocycles. The van der Waals surface area contributed by atoms with Crippen LogP contribution in [0.25, 0.3) is 33.1 Å². The summed E-state index contributed by atoms with van der Waals surface area (Å²) in [6.07, 6.45) is 2.84. The number of aromatic amines is 1. The number of fused-ring (bicyclic) bond motifs is 2. The van der Waals surface area contributed by atoms with Crippen LogP contribution < -0.4 is 5.56 Å². The lowest BCUT2D eigenvalue weighted by atomic mass is 10.0. The van der Waals surface area contributed by atoms with E-state index in [1.807, 2.05) is 6.07 Å². The number of rotatable bonds is 3. The Morgan fingerprint density at radius 1 is 0.966 bits per heavy atom. The minimum Gasteiger partial charge on any atom is -0.301 e. The Hall–Kier alpha value is -3.87. The van der Waals surface area contributed by atoms with E-state index in [1.165, 1.54) is 16.7 Å². The van der Waals surface area contributed by atoms with E-state index in [0.717, 1.165) is 17.1 Å². The number of aromatic nitrogens is 4. The second-order valence-corrected chi connectivity index (χ2v) is 6.76. The molecule has 3 aromatic carbocycles.